The lowest BCUT2D eigenvalue weighted by atomic mass is 10.1. The summed E-state index contributed by atoms with van der Waals surface area (Å²) in [6.07, 6.45) is 1.11. The van der Waals surface area contributed by atoms with E-state index in [1.54, 1.807) is 21.7 Å². The summed E-state index contributed by atoms with van der Waals surface area (Å²) in [6, 6.07) is 6.07. The maximum atomic E-state index is 12.5. The summed E-state index contributed by atoms with van der Waals surface area (Å²) in [5.41, 5.74) is 12.3. The first kappa shape index (κ1) is 20.5. The molecule has 1 aliphatic heterocycles. The highest BCUT2D eigenvalue weighted by atomic mass is 16.6. The van der Waals surface area contributed by atoms with Gasteiger partial charge in [-0.25, -0.2) is 9.48 Å². The molecule has 2 heterocycles. The van der Waals surface area contributed by atoms with E-state index in [2.05, 4.69) is 5.10 Å². The number of carbonyl (C=O) groups is 2. The van der Waals surface area contributed by atoms with Crippen LogP contribution in [0, 0.1) is 0 Å². The zero-order valence-electron chi connectivity index (χ0n) is 16.9. The second-order valence-corrected chi connectivity index (χ2v) is 8.19. The Labute approximate surface area is 169 Å². The van der Waals surface area contributed by atoms with Gasteiger partial charge in [-0.2, -0.15) is 5.10 Å². The quantitative estimate of drug-likeness (QED) is 0.723. The monoisotopic (exact) mass is 401 g/mol. The van der Waals surface area contributed by atoms with E-state index in [4.69, 9.17) is 16.2 Å². The zero-order chi connectivity index (χ0) is 21.3. The zero-order valence-corrected chi connectivity index (χ0v) is 16.9. The SMILES string of the molecule is CC(C)(C)OC(=O)N1CCC[C@@H](n2nc(-c3ccc(O)cc3)c(C(N)=O)c2N)C1. The average molecular weight is 401 g/mol. The number of benzene rings is 1. The van der Waals surface area contributed by atoms with Gasteiger partial charge in [0, 0.05) is 18.7 Å². The largest absolute Gasteiger partial charge is 0.508 e. The van der Waals surface area contributed by atoms with Crippen molar-refractivity contribution in [1.29, 1.82) is 0 Å². The van der Waals surface area contributed by atoms with Crippen LogP contribution in [0.4, 0.5) is 10.6 Å². The van der Waals surface area contributed by atoms with Gasteiger partial charge in [0.1, 0.15) is 28.4 Å². The highest BCUT2D eigenvalue weighted by Gasteiger charge is 2.32. The molecule has 0 radical (unpaired) electrons. The van der Waals surface area contributed by atoms with E-state index >= 15 is 0 Å². The predicted octanol–water partition coefficient (Wildman–Crippen LogP) is 2.51. The van der Waals surface area contributed by atoms with Crippen LogP contribution in [0.15, 0.2) is 24.3 Å². The number of nitrogens with two attached hydrogens (primary N) is 2. The lowest BCUT2D eigenvalue weighted by molar-refractivity contribution is 0.0168. The van der Waals surface area contributed by atoms with Crippen LogP contribution in [0.5, 0.6) is 5.75 Å². The maximum absolute atomic E-state index is 12.5. The summed E-state index contributed by atoms with van der Waals surface area (Å²) in [5.74, 6) is -0.421. The number of piperidine rings is 1. The molecule has 156 valence electrons. The minimum Gasteiger partial charge on any atom is -0.508 e. The van der Waals surface area contributed by atoms with Crippen LogP contribution in [0.1, 0.15) is 50.0 Å². The van der Waals surface area contributed by atoms with E-state index in [-0.39, 0.29) is 29.3 Å². The van der Waals surface area contributed by atoms with Gasteiger partial charge in [0.2, 0.25) is 0 Å². The van der Waals surface area contributed by atoms with Crippen LogP contribution in [0.2, 0.25) is 0 Å². The fourth-order valence-corrected chi connectivity index (χ4v) is 3.44. The molecule has 1 atom stereocenters. The Morgan fingerprint density at radius 1 is 1.24 bits per heavy atom. The number of amides is 2. The number of rotatable bonds is 3. The Morgan fingerprint density at radius 2 is 1.90 bits per heavy atom. The van der Waals surface area contributed by atoms with Gasteiger partial charge in [0.15, 0.2) is 0 Å². The van der Waals surface area contributed by atoms with Gasteiger partial charge in [0.25, 0.3) is 5.91 Å². The molecule has 0 spiro atoms. The first-order valence-corrected chi connectivity index (χ1v) is 9.52. The number of hydrogen-bond donors (Lipinski definition) is 3. The van der Waals surface area contributed by atoms with E-state index in [9.17, 15) is 14.7 Å². The number of nitrogen functional groups attached to an aromatic ring is 1. The molecular weight excluding hydrogens is 374 g/mol. The van der Waals surface area contributed by atoms with Crippen molar-refractivity contribution >= 4 is 17.8 Å². The summed E-state index contributed by atoms with van der Waals surface area (Å²) in [6.45, 7) is 6.41. The Morgan fingerprint density at radius 3 is 2.48 bits per heavy atom. The predicted molar refractivity (Wildman–Crippen MR) is 108 cm³/mol. The van der Waals surface area contributed by atoms with Gasteiger partial charge < -0.3 is 26.2 Å². The smallest absolute Gasteiger partial charge is 0.410 e. The first-order chi connectivity index (χ1) is 13.6. The van der Waals surface area contributed by atoms with Gasteiger partial charge in [-0.1, -0.05) is 0 Å². The van der Waals surface area contributed by atoms with Gasteiger partial charge in [-0.3, -0.25) is 4.79 Å². The van der Waals surface area contributed by atoms with Crippen molar-refractivity contribution < 1.29 is 19.4 Å². The number of aromatic hydroxyl groups is 1. The summed E-state index contributed by atoms with van der Waals surface area (Å²) in [7, 11) is 0. The Hall–Kier alpha value is -3.23. The molecule has 1 fully saturated rings. The number of anilines is 1. The minimum absolute atomic E-state index is 0.0991. The summed E-state index contributed by atoms with van der Waals surface area (Å²) < 4.78 is 7.04. The first-order valence-electron chi connectivity index (χ1n) is 9.52. The van der Waals surface area contributed by atoms with Crippen LogP contribution in [-0.2, 0) is 4.74 Å². The molecule has 0 aliphatic carbocycles. The summed E-state index contributed by atoms with van der Waals surface area (Å²) in [5, 5.41) is 14.1. The fraction of sp³-hybridized carbons (Fsp3) is 0.450. The van der Waals surface area contributed by atoms with Crippen LogP contribution in [0.25, 0.3) is 11.3 Å². The van der Waals surface area contributed by atoms with Crippen molar-refractivity contribution in [2.45, 2.75) is 45.3 Å². The van der Waals surface area contributed by atoms with Gasteiger partial charge in [-0.15, -0.1) is 0 Å². The number of carbonyl (C=O) groups excluding carboxylic acids is 2. The van der Waals surface area contributed by atoms with Crippen LogP contribution < -0.4 is 11.5 Å². The molecule has 0 unspecified atom stereocenters. The number of phenolic OH excluding ortho intramolecular Hbond substituents is 1. The van der Waals surface area contributed by atoms with Gasteiger partial charge in [-0.05, 0) is 57.9 Å². The second-order valence-electron chi connectivity index (χ2n) is 8.19. The fourth-order valence-electron chi connectivity index (χ4n) is 3.44. The van der Waals surface area contributed by atoms with Crippen molar-refractivity contribution in [3.05, 3.63) is 29.8 Å². The molecule has 1 aromatic heterocycles. The lowest BCUT2D eigenvalue weighted by Crippen LogP contribution is -2.43. The Kier molecular flexibility index (Phi) is 5.41. The molecule has 0 saturated carbocycles. The standard InChI is InChI=1S/C20H27N5O4/c1-20(2,3)29-19(28)24-10-4-5-13(11-24)25-17(21)15(18(22)27)16(23-25)12-6-8-14(26)9-7-12/h6-9,13,26H,4-5,10-11,21H2,1-3H3,(H2,22,27)/t13-/m1/s1. The van der Waals surface area contributed by atoms with Crippen LogP contribution >= 0.6 is 0 Å². The van der Waals surface area contributed by atoms with E-state index in [0.717, 1.165) is 12.8 Å². The number of likely N-dealkylation sites (tertiary alicyclic amines) is 1. The van der Waals surface area contributed by atoms with Crippen molar-refractivity contribution in [2.75, 3.05) is 18.8 Å². The van der Waals surface area contributed by atoms with Crippen LogP contribution in [0.3, 0.4) is 0 Å². The third kappa shape index (κ3) is 4.44. The minimum atomic E-state index is -0.684. The number of nitrogens with zero attached hydrogens (tertiary/aromatic N) is 3. The molecule has 2 aromatic rings. The Balaban J connectivity index is 1.92. The molecule has 1 aromatic carbocycles. The van der Waals surface area contributed by atoms with E-state index in [1.165, 1.54) is 12.1 Å². The molecule has 29 heavy (non-hydrogen) atoms. The van der Waals surface area contributed by atoms with Gasteiger partial charge in [0.05, 0.1) is 6.04 Å². The number of aromatic nitrogens is 2. The van der Waals surface area contributed by atoms with Gasteiger partial charge >= 0.3 is 6.09 Å². The maximum Gasteiger partial charge on any atom is 0.410 e. The summed E-state index contributed by atoms with van der Waals surface area (Å²) >= 11 is 0. The summed E-state index contributed by atoms with van der Waals surface area (Å²) in [4.78, 5) is 26.1. The van der Waals surface area contributed by atoms with Crippen molar-refractivity contribution in [1.82, 2.24) is 14.7 Å². The number of primary amides is 1. The molecule has 1 saturated heterocycles. The van der Waals surface area contributed by atoms with Crippen molar-refractivity contribution in [3.63, 3.8) is 0 Å². The highest BCUT2D eigenvalue weighted by molar-refractivity contribution is 6.03. The average Bonchev–Trinajstić information content (AvgIpc) is 2.98. The Bertz CT molecular complexity index is 914. The molecular formula is C20H27N5O4. The van der Waals surface area contributed by atoms with Crippen molar-refractivity contribution in [3.8, 4) is 17.0 Å². The molecule has 1 aliphatic rings. The molecule has 2 amide bonds. The third-order valence-electron chi connectivity index (χ3n) is 4.73. The molecule has 3 rings (SSSR count). The van der Waals surface area contributed by atoms with E-state index in [1.807, 2.05) is 20.8 Å². The third-order valence-corrected chi connectivity index (χ3v) is 4.73. The van der Waals surface area contributed by atoms with Crippen molar-refractivity contribution in [2.24, 2.45) is 5.73 Å². The lowest BCUT2D eigenvalue weighted by Gasteiger charge is -2.34. The molecule has 9 heteroatoms. The van der Waals surface area contributed by atoms with E-state index < -0.39 is 11.5 Å². The normalized spacial score (nSPS) is 17.2. The van der Waals surface area contributed by atoms with E-state index in [0.29, 0.717) is 24.3 Å². The highest BCUT2D eigenvalue weighted by Crippen LogP contribution is 2.32. The number of hydrogen-bond acceptors (Lipinski definition) is 6. The molecule has 5 N–H and O–H groups in total. The second kappa shape index (κ2) is 7.65. The molecule has 9 nitrogen and oxygen atoms in total. The van der Waals surface area contributed by atoms with Crippen LogP contribution in [-0.4, -0.2) is 50.5 Å². The number of ether oxygens (including phenoxy) is 1. The number of phenols is 1. The topological polar surface area (TPSA) is 137 Å². The molecule has 0 bridgehead atoms.